The molecule has 0 spiro atoms. The summed E-state index contributed by atoms with van der Waals surface area (Å²) >= 11 is 1.94. The Morgan fingerprint density at radius 1 is 1.59 bits per heavy atom. The van der Waals surface area contributed by atoms with E-state index in [9.17, 15) is 4.79 Å². The van der Waals surface area contributed by atoms with Crippen LogP contribution in [0.25, 0.3) is 0 Å². The third-order valence-corrected chi connectivity index (χ3v) is 3.86. The maximum absolute atomic E-state index is 12.0. The first-order valence-corrected chi connectivity index (χ1v) is 6.96. The molecular formula is C11H18N4OS. The predicted molar refractivity (Wildman–Crippen MR) is 70.3 cm³/mol. The van der Waals surface area contributed by atoms with Gasteiger partial charge in [-0.1, -0.05) is 0 Å². The maximum Gasteiger partial charge on any atom is 0.243 e. The lowest BCUT2D eigenvalue weighted by molar-refractivity contribution is -0.120. The molecule has 1 unspecified atom stereocenters. The molecule has 0 aromatic carbocycles. The lowest BCUT2D eigenvalue weighted by Crippen LogP contribution is -2.46. The molecule has 0 aliphatic carbocycles. The van der Waals surface area contributed by atoms with E-state index in [1.807, 2.05) is 25.6 Å². The molecule has 0 bridgehead atoms. The van der Waals surface area contributed by atoms with E-state index >= 15 is 0 Å². The fourth-order valence-electron chi connectivity index (χ4n) is 1.83. The normalized spacial score (nSPS) is 18.9. The SMILES string of the molecule is Cc1cnc(NC(=O)C(C)N2CCSCC2)[nH]1. The summed E-state index contributed by atoms with van der Waals surface area (Å²) in [5.74, 6) is 2.76. The van der Waals surface area contributed by atoms with Crippen molar-refractivity contribution >= 4 is 23.6 Å². The highest BCUT2D eigenvalue weighted by atomic mass is 32.2. The third kappa shape index (κ3) is 3.23. The highest BCUT2D eigenvalue weighted by molar-refractivity contribution is 7.99. The zero-order valence-corrected chi connectivity index (χ0v) is 11.0. The van der Waals surface area contributed by atoms with Gasteiger partial charge in [0.05, 0.1) is 6.04 Å². The van der Waals surface area contributed by atoms with E-state index in [1.54, 1.807) is 6.20 Å². The zero-order chi connectivity index (χ0) is 12.3. The standard InChI is InChI=1S/C11H18N4OS/c1-8-7-12-11(13-8)14-10(16)9(2)15-3-5-17-6-4-15/h7,9H,3-6H2,1-2H3,(H2,12,13,14,16). The molecule has 1 aliphatic rings. The second-order valence-electron chi connectivity index (χ2n) is 4.23. The maximum atomic E-state index is 12.0. The minimum absolute atomic E-state index is 0.00579. The molecule has 94 valence electrons. The average Bonchev–Trinajstić information content (AvgIpc) is 2.75. The number of aromatic nitrogens is 2. The molecule has 1 fully saturated rings. The largest absolute Gasteiger partial charge is 0.328 e. The number of carbonyl (C=O) groups excluding carboxylic acids is 1. The monoisotopic (exact) mass is 254 g/mol. The first-order valence-electron chi connectivity index (χ1n) is 5.81. The molecule has 1 aliphatic heterocycles. The number of nitrogens with one attached hydrogen (secondary N) is 2. The molecular weight excluding hydrogens is 236 g/mol. The van der Waals surface area contributed by atoms with Crippen molar-refractivity contribution in [3.8, 4) is 0 Å². The van der Waals surface area contributed by atoms with Crippen molar-refractivity contribution in [3.05, 3.63) is 11.9 Å². The van der Waals surface area contributed by atoms with Crippen molar-refractivity contribution in [2.45, 2.75) is 19.9 Å². The molecule has 1 amide bonds. The summed E-state index contributed by atoms with van der Waals surface area (Å²) in [6.07, 6.45) is 1.71. The molecule has 0 radical (unpaired) electrons. The van der Waals surface area contributed by atoms with Crippen LogP contribution in [-0.4, -0.2) is 51.4 Å². The number of nitrogens with zero attached hydrogens (tertiary/aromatic N) is 2. The number of aryl methyl sites for hydroxylation is 1. The topological polar surface area (TPSA) is 61.0 Å². The van der Waals surface area contributed by atoms with Crippen LogP contribution in [0.1, 0.15) is 12.6 Å². The van der Waals surface area contributed by atoms with Crippen molar-refractivity contribution < 1.29 is 4.79 Å². The van der Waals surface area contributed by atoms with Crippen LogP contribution >= 0.6 is 11.8 Å². The van der Waals surface area contributed by atoms with Gasteiger partial charge < -0.3 is 4.98 Å². The Kier molecular flexibility index (Phi) is 4.06. The van der Waals surface area contributed by atoms with E-state index in [4.69, 9.17) is 0 Å². The Hall–Kier alpha value is -1.01. The number of amides is 1. The molecule has 2 heterocycles. The molecule has 2 N–H and O–H groups in total. The lowest BCUT2D eigenvalue weighted by atomic mass is 10.2. The molecule has 5 nitrogen and oxygen atoms in total. The van der Waals surface area contributed by atoms with E-state index in [1.165, 1.54) is 0 Å². The van der Waals surface area contributed by atoms with Gasteiger partial charge in [-0.05, 0) is 13.8 Å². The van der Waals surface area contributed by atoms with E-state index < -0.39 is 0 Å². The Labute approximate surface area is 105 Å². The van der Waals surface area contributed by atoms with Gasteiger partial charge in [-0.25, -0.2) is 4.98 Å². The highest BCUT2D eigenvalue weighted by Gasteiger charge is 2.23. The number of hydrogen-bond acceptors (Lipinski definition) is 4. The zero-order valence-electron chi connectivity index (χ0n) is 10.2. The number of thioether (sulfide) groups is 1. The van der Waals surface area contributed by atoms with Gasteiger partial charge in [-0.2, -0.15) is 11.8 Å². The van der Waals surface area contributed by atoms with Crippen LogP contribution < -0.4 is 5.32 Å². The highest BCUT2D eigenvalue weighted by Crippen LogP contribution is 2.13. The molecule has 0 saturated carbocycles. The predicted octanol–water partition coefficient (Wildman–Crippen LogP) is 1.09. The van der Waals surface area contributed by atoms with Gasteiger partial charge >= 0.3 is 0 Å². The van der Waals surface area contributed by atoms with Crippen LogP contribution in [0.15, 0.2) is 6.20 Å². The molecule has 1 saturated heterocycles. The lowest BCUT2D eigenvalue weighted by Gasteiger charge is -2.30. The minimum Gasteiger partial charge on any atom is -0.328 e. The average molecular weight is 254 g/mol. The Morgan fingerprint density at radius 2 is 2.29 bits per heavy atom. The first kappa shape index (κ1) is 12.4. The van der Waals surface area contributed by atoms with Gasteiger partial charge in [-0.3, -0.25) is 15.0 Å². The van der Waals surface area contributed by atoms with E-state index in [0.717, 1.165) is 30.3 Å². The fraction of sp³-hybridized carbons (Fsp3) is 0.636. The molecule has 1 aromatic rings. The summed E-state index contributed by atoms with van der Waals surface area (Å²) in [6, 6.07) is -0.0960. The minimum atomic E-state index is -0.0960. The number of anilines is 1. The smallest absolute Gasteiger partial charge is 0.243 e. The number of imidazole rings is 1. The van der Waals surface area contributed by atoms with E-state index in [2.05, 4.69) is 20.2 Å². The van der Waals surface area contributed by atoms with Crippen molar-refractivity contribution in [2.24, 2.45) is 0 Å². The van der Waals surface area contributed by atoms with Gasteiger partial charge in [0, 0.05) is 36.5 Å². The number of hydrogen-bond donors (Lipinski definition) is 2. The second-order valence-corrected chi connectivity index (χ2v) is 5.45. The van der Waals surface area contributed by atoms with Gasteiger partial charge in [0.1, 0.15) is 0 Å². The van der Waals surface area contributed by atoms with Crippen LogP contribution in [-0.2, 0) is 4.79 Å². The summed E-state index contributed by atoms with van der Waals surface area (Å²) in [4.78, 5) is 21.3. The van der Waals surface area contributed by atoms with E-state index in [-0.39, 0.29) is 11.9 Å². The fourth-order valence-corrected chi connectivity index (χ4v) is 2.76. The summed E-state index contributed by atoms with van der Waals surface area (Å²) in [5, 5.41) is 2.81. The summed E-state index contributed by atoms with van der Waals surface area (Å²) < 4.78 is 0. The van der Waals surface area contributed by atoms with Crippen molar-refractivity contribution in [3.63, 3.8) is 0 Å². The van der Waals surface area contributed by atoms with Crippen LogP contribution in [0, 0.1) is 6.92 Å². The molecule has 2 rings (SSSR count). The summed E-state index contributed by atoms with van der Waals surface area (Å²) in [6.45, 7) is 5.82. The van der Waals surface area contributed by atoms with Gasteiger partial charge in [-0.15, -0.1) is 0 Å². The number of rotatable bonds is 3. The van der Waals surface area contributed by atoms with Crippen LogP contribution in [0.2, 0.25) is 0 Å². The number of aromatic amines is 1. The van der Waals surface area contributed by atoms with Crippen molar-refractivity contribution in [2.75, 3.05) is 29.9 Å². The Bertz CT molecular complexity index is 387. The summed E-state index contributed by atoms with van der Waals surface area (Å²) in [5.41, 5.74) is 0.947. The van der Waals surface area contributed by atoms with Crippen LogP contribution in [0.4, 0.5) is 5.95 Å². The van der Waals surface area contributed by atoms with Gasteiger partial charge in [0.2, 0.25) is 11.9 Å². The van der Waals surface area contributed by atoms with Gasteiger partial charge in [0.15, 0.2) is 0 Å². The van der Waals surface area contributed by atoms with Crippen molar-refractivity contribution in [1.29, 1.82) is 0 Å². The third-order valence-electron chi connectivity index (χ3n) is 2.92. The second kappa shape index (κ2) is 5.55. The molecule has 1 atom stereocenters. The molecule has 17 heavy (non-hydrogen) atoms. The Balaban J connectivity index is 1.90. The molecule has 1 aromatic heterocycles. The number of H-pyrrole nitrogens is 1. The van der Waals surface area contributed by atoms with Crippen molar-refractivity contribution in [1.82, 2.24) is 14.9 Å². The van der Waals surface area contributed by atoms with E-state index in [0.29, 0.717) is 5.95 Å². The molecule has 6 heteroatoms. The van der Waals surface area contributed by atoms with Gasteiger partial charge in [0.25, 0.3) is 0 Å². The quantitative estimate of drug-likeness (QED) is 0.848. The number of carbonyl (C=O) groups is 1. The summed E-state index contributed by atoms with van der Waals surface area (Å²) in [7, 11) is 0. The first-order chi connectivity index (χ1) is 8.16. The van der Waals surface area contributed by atoms with Crippen LogP contribution in [0.3, 0.4) is 0 Å². The Morgan fingerprint density at radius 3 is 2.88 bits per heavy atom. The van der Waals surface area contributed by atoms with Crippen LogP contribution in [0.5, 0.6) is 0 Å².